The summed E-state index contributed by atoms with van der Waals surface area (Å²) in [6.07, 6.45) is 1.11. The van der Waals surface area contributed by atoms with E-state index in [1.807, 2.05) is 18.2 Å². The molecule has 1 fully saturated rings. The van der Waals surface area contributed by atoms with Crippen LogP contribution in [0.25, 0.3) is 0 Å². The summed E-state index contributed by atoms with van der Waals surface area (Å²) in [5, 5.41) is 3.31. The van der Waals surface area contributed by atoms with Gasteiger partial charge < -0.3 is 9.88 Å². The third-order valence-electron chi connectivity index (χ3n) is 2.04. The van der Waals surface area contributed by atoms with Gasteiger partial charge in [0.25, 0.3) is 0 Å². The quantitative estimate of drug-likeness (QED) is 0.601. The van der Waals surface area contributed by atoms with Gasteiger partial charge in [0.15, 0.2) is 0 Å². The molecule has 2 rings (SSSR count). The Kier molecular flexibility index (Phi) is 2.44. The molecule has 0 spiro atoms. The molecule has 0 unspecified atom stereocenters. The molecule has 0 saturated carbocycles. The molecule has 62 valence electrons. The molecular formula is C9H12BNO. The molecule has 2 nitrogen and oxygen atoms in total. The van der Waals surface area contributed by atoms with Crippen molar-refractivity contribution in [1.82, 2.24) is 5.23 Å². The van der Waals surface area contributed by atoms with Crippen molar-refractivity contribution in [2.75, 3.05) is 13.2 Å². The van der Waals surface area contributed by atoms with Crippen LogP contribution in [0.15, 0.2) is 30.3 Å². The minimum absolute atomic E-state index is 0.111. The predicted molar refractivity (Wildman–Crippen MR) is 50.4 cm³/mol. The van der Waals surface area contributed by atoms with Crippen molar-refractivity contribution in [3.63, 3.8) is 0 Å². The summed E-state index contributed by atoms with van der Waals surface area (Å²) in [4.78, 5) is 0. The van der Waals surface area contributed by atoms with Crippen molar-refractivity contribution in [2.45, 2.75) is 6.42 Å². The predicted octanol–water partition coefficient (Wildman–Crippen LogP) is 0.392. The smallest absolute Gasteiger partial charge is 0.415 e. The first kappa shape index (κ1) is 7.83. The summed E-state index contributed by atoms with van der Waals surface area (Å²) in [6.45, 7) is 1.92. The van der Waals surface area contributed by atoms with Gasteiger partial charge in [-0.15, -0.1) is 0 Å². The summed E-state index contributed by atoms with van der Waals surface area (Å²) in [6, 6.07) is 10.3. The van der Waals surface area contributed by atoms with Gasteiger partial charge in [0.1, 0.15) is 0 Å². The summed E-state index contributed by atoms with van der Waals surface area (Å²) in [7, 11) is 0.111. The normalized spacial score (nSPS) is 17.8. The van der Waals surface area contributed by atoms with Crippen LogP contribution >= 0.6 is 0 Å². The highest BCUT2D eigenvalue weighted by molar-refractivity contribution is 6.65. The Bertz CT molecular complexity index is 234. The fraction of sp³-hybridized carbons (Fsp3) is 0.333. The van der Waals surface area contributed by atoms with Crippen molar-refractivity contribution in [3.8, 4) is 0 Å². The molecule has 1 aliphatic heterocycles. The zero-order valence-electron chi connectivity index (χ0n) is 6.99. The molecule has 1 aromatic rings. The van der Waals surface area contributed by atoms with Crippen LogP contribution in [0.1, 0.15) is 6.42 Å². The van der Waals surface area contributed by atoms with Crippen LogP contribution in [0.2, 0.25) is 0 Å². The molecule has 0 atom stereocenters. The average Bonchev–Trinajstić information content (AvgIpc) is 2.21. The first-order chi connectivity index (χ1) is 5.97. The molecule has 0 bridgehead atoms. The van der Waals surface area contributed by atoms with Gasteiger partial charge in [0.2, 0.25) is 0 Å². The van der Waals surface area contributed by atoms with Crippen LogP contribution in [-0.4, -0.2) is 20.2 Å². The molecule has 1 saturated heterocycles. The van der Waals surface area contributed by atoms with Crippen molar-refractivity contribution >= 4 is 12.5 Å². The minimum Gasteiger partial charge on any atom is -0.418 e. The second-order valence-electron chi connectivity index (χ2n) is 2.97. The van der Waals surface area contributed by atoms with Gasteiger partial charge in [-0.3, -0.25) is 0 Å². The van der Waals surface area contributed by atoms with E-state index >= 15 is 0 Å². The fourth-order valence-corrected chi connectivity index (χ4v) is 1.41. The Labute approximate surface area is 73.1 Å². The molecule has 12 heavy (non-hydrogen) atoms. The number of benzene rings is 1. The van der Waals surface area contributed by atoms with Crippen LogP contribution in [0.3, 0.4) is 0 Å². The van der Waals surface area contributed by atoms with E-state index in [9.17, 15) is 0 Å². The van der Waals surface area contributed by atoms with Crippen molar-refractivity contribution in [1.29, 1.82) is 0 Å². The zero-order chi connectivity index (χ0) is 8.23. The van der Waals surface area contributed by atoms with E-state index in [-0.39, 0.29) is 7.05 Å². The van der Waals surface area contributed by atoms with E-state index in [0.29, 0.717) is 0 Å². The van der Waals surface area contributed by atoms with E-state index in [1.54, 1.807) is 0 Å². The average molecular weight is 161 g/mol. The topological polar surface area (TPSA) is 21.3 Å². The molecule has 0 aliphatic carbocycles. The van der Waals surface area contributed by atoms with Crippen molar-refractivity contribution < 1.29 is 4.65 Å². The molecule has 0 radical (unpaired) electrons. The fourth-order valence-electron chi connectivity index (χ4n) is 1.41. The Balaban J connectivity index is 2.08. The van der Waals surface area contributed by atoms with Gasteiger partial charge in [-0.05, 0) is 18.4 Å². The van der Waals surface area contributed by atoms with Gasteiger partial charge in [-0.2, -0.15) is 0 Å². The molecule has 3 heteroatoms. The monoisotopic (exact) mass is 161 g/mol. The second-order valence-corrected chi connectivity index (χ2v) is 2.97. The standard InChI is InChI=1S/C9H12BNO/c1-2-5-9(6-3-1)10-11-7-4-8-12-10/h1-3,5-6,11H,4,7-8H2. The highest BCUT2D eigenvalue weighted by Crippen LogP contribution is 1.94. The Morgan fingerprint density at radius 2 is 2.08 bits per heavy atom. The molecule has 1 aliphatic rings. The number of hydrogen-bond donors (Lipinski definition) is 1. The maximum absolute atomic E-state index is 5.55. The summed E-state index contributed by atoms with van der Waals surface area (Å²) in [5.41, 5.74) is 1.22. The molecule has 0 amide bonds. The maximum atomic E-state index is 5.55. The first-order valence-electron chi connectivity index (χ1n) is 4.37. The van der Waals surface area contributed by atoms with Crippen LogP contribution in [-0.2, 0) is 4.65 Å². The lowest BCUT2D eigenvalue weighted by atomic mass is 9.72. The highest BCUT2D eigenvalue weighted by Gasteiger charge is 2.20. The number of nitrogens with one attached hydrogen (secondary N) is 1. The molecular weight excluding hydrogens is 149 g/mol. The Hall–Kier alpha value is -0.795. The maximum Gasteiger partial charge on any atom is 0.415 e. The zero-order valence-corrected chi connectivity index (χ0v) is 6.99. The van der Waals surface area contributed by atoms with Crippen LogP contribution < -0.4 is 10.7 Å². The van der Waals surface area contributed by atoms with Crippen LogP contribution in [0, 0.1) is 0 Å². The number of hydrogen-bond acceptors (Lipinski definition) is 2. The number of rotatable bonds is 1. The van der Waals surface area contributed by atoms with Gasteiger partial charge in [-0.25, -0.2) is 0 Å². The SMILES string of the molecule is c1ccc(B2NCCCO2)cc1. The van der Waals surface area contributed by atoms with Crippen molar-refractivity contribution in [3.05, 3.63) is 30.3 Å². The summed E-state index contributed by atoms with van der Waals surface area (Å²) in [5.74, 6) is 0. The van der Waals surface area contributed by atoms with E-state index in [0.717, 1.165) is 19.6 Å². The van der Waals surface area contributed by atoms with Gasteiger partial charge in [0, 0.05) is 6.61 Å². The van der Waals surface area contributed by atoms with E-state index in [1.165, 1.54) is 5.46 Å². The Morgan fingerprint density at radius 3 is 2.75 bits per heavy atom. The molecule has 1 N–H and O–H groups in total. The minimum atomic E-state index is 0.111. The van der Waals surface area contributed by atoms with E-state index in [2.05, 4.69) is 17.4 Å². The van der Waals surface area contributed by atoms with Crippen LogP contribution in [0.5, 0.6) is 0 Å². The molecule has 1 aromatic carbocycles. The summed E-state index contributed by atoms with van der Waals surface area (Å²) >= 11 is 0. The Morgan fingerprint density at radius 1 is 1.25 bits per heavy atom. The molecule has 1 heterocycles. The van der Waals surface area contributed by atoms with Gasteiger partial charge in [-0.1, -0.05) is 30.3 Å². The lowest BCUT2D eigenvalue weighted by Gasteiger charge is -2.20. The summed E-state index contributed by atoms with van der Waals surface area (Å²) < 4.78 is 5.55. The lowest BCUT2D eigenvalue weighted by Crippen LogP contribution is -2.51. The van der Waals surface area contributed by atoms with Crippen molar-refractivity contribution in [2.24, 2.45) is 0 Å². The second kappa shape index (κ2) is 3.74. The molecule has 0 aromatic heterocycles. The third-order valence-corrected chi connectivity index (χ3v) is 2.04. The van der Waals surface area contributed by atoms with E-state index < -0.39 is 0 Å². The first-order valence-corrected chi connectivity index (χ1v) is 4.37. The largest absolute Gasteiger partial charge is 0.418 e. The van der Waals surface area contributed by atoms with Crippen LogP contribution in [0.4, 0.5) is 0 Å². The van der Waals surface area contributed by atoms with Gasteiger partial charge >= 0.3 is 7.05 Å². The van der Waals surface area contributed by atoms with E-state index in [4.69, 9.17) is 4.65 Å². The van der Waals surface area contributed by atoms with Gasteiger partial charge in [0.05, 0.1) is 0 Å². The third kappa shape index (κ3) is 1.68. The lowest BCUT2D eigenvalue weighted by molar-refractivity contribution is 0.287. The highest BCUT2D eigenvalue weighted by atomic mass is 16.4.